The van der Waals surface area contributed by atoms with Gasteiger partial charge in [0.15, 0.2) is 15.5 Å². The van der Waals surface area contributed by atoms with Crippen LogP contribution in [0.15, 0.2) is 30.3 Å². The summed E-state index contributed by atoms with van der Waals surface area (Å²) in [6.07, 6.45) is 0.765. The lowest BCUT2D eigenvalue weighted by Gasteiger charge is -2.26. The summed E-state index contributed by atoms with van der Waals surface area (Å²) in [5, 5.41) is 25.4. The standard InChI is InChI=1S/C24H18Cl2N6O3S2/c25-16-5-7-20(19(26)14-16)32-23(21-8-6-17(36-21)4-2-1-3-9-27)18(15-28)22(29-32)24(33)30-31-10-12-37(34,35)13-11-31/h5-8,14H,1,3,10-13H2,(H,30,33). The molecule has 0 spiro atoms. The van der Waals surface area contributed by atoms with Crippen LogP contribution in [-0.2, 0) is 9.84 Å². The van der Waals surface area contributed by atoms with E-state index in [1.165, 1.54) is 27.1 Å². The number of halogens is 2. The molecule has 1 N–H and O–H groups in total. The average molecular weight is 573 g/mol. The summed E-state index contributed by atoms with van der Waals surface area (Å²) in [6.45, 7) is 0.261. The number of hydrogen-bond acceptors (Lipinski definition) is 8. The van der Waals surface area contributed by atoms with E-state index in [2.05, 4.69) is 28.4 Å². The van der Waals surface area contributed by atoms with Gasteiger partial charge >= 0.3 is 0 Å². The third-order valence-electron chi connectivity index (χ3n) is 5.37. The number of sulfone groups is 1. The highest BCUT2D eigenvalue weighted by Crippen LogP contribution is 2.36. The van der Waals surface area contributed by atoms with Crippen LogP contribution in [0.3, 0.4) is 0 Å². The molecule has 0 radical (unpaired) electrons. The third kappa shape index (κ3) is 6.14. The zero-order valence-electron chi connectivity index (χ0n) is 19.2. The van der Waals surface area contributed by atoms with Gasteiger partial charge in [-0.2, -0.15) is 15.6 Å². The van der Waals surface area contributed by atoms with Gasteiger partial charge in [0.2, 0.25) is 0 Å². The molecule has 4 rings (SSSR count). The van der Waals surface area contributed by atoms with E-state index < -0.39 is 15.7 Å². The highest BCUT2D eigenvalue weighted by Gasteiger charge is 2.29. The van der Waals surface area contributed by atoms with Gasteiger partial charge in [-0.1, -0.05) is 35.0 Å². The first kappa shape index (κ1) is 26.7. The fraction of sp³-hybridized carbons (Fsp3) is 0.250. The summed E-state index contributed by atoms with van der Waals surface area (Å²) in [7, 11) is -3.14. The summed E-state index contributed by atoms with van der Waals surface area (Å²) in [6, 6.07) is 12.5. The number of unbranched alkanes of at least 4 members (excludes halogenated alkanes) is 1. The highest BCUT2D eigenvalue weighted by molar-refractivity contribution is 7.91. The van der Waals surface area contributed by atoms with Crippen molar-refractivity contribution in [1.82, 2.24) is 20.2 Å². The van der Waals surface area contributed by atoms with Gasteiger partial charge in [0, 0.05) is 31.0 Å². The van der Waals surface area contributed by atoms with E-state index in [0.717, 1.165) is 0 Å². The van der Waals surface area contributed by atoms with Crippen molar-refractivity contribution in [2.75, 3.05) is 24.6 Å². The van der Waals surface area contributed by atoms with Crippen molar-refractivity contribution in [2.45, 2.75) is 12.8 Å². The molecule has 0 unspecified atom stereocenters. The normalized spacial score (nSPS) is 14.7. The molecule has 1 aliphatic rings. The van der Waals surface area contributed by atoms with E-state index in [1.54, 1.807) is 24.3 Å². The van der Waals surface area contributed by atoms with Crippen LogP contribution in [-0.4, -0.2) is 53.7 Å². The molecule has 3 heterocycles. The van der Waals surface area contributed by atoms with Gasteiger partial charge in [-0.3, -0.25) is 10.2 Å². The number of nitriles is 2. The van der Waals surface area contributed by atoms with Crippen LogP contribution in [0.25, 0.3) is 16.3 Å². The molecule has 0 atom stereocenters. The number of nitrogens with zero attached hydrogens (tertiary/aromatic N) is 5. The summed E-state index contributed by atoms with van der Waals surface area (Å²) in [5.41, 5.74) is 3.33. The Balaban J connectivity index is 1.77. The van der Waals surface area contributed by atoms with Gasteiger partial charge in [-0.15, -0.1) is 11.3 Å². The second kappa shape index (κ2) is 11.4. The second-order valence-corrected chi connectivity index (χ2v) is 12.1. The minimum atomic E-state index is -3.14. The van der Waals surface area contributed by atoms with Crippen LogP contribution >= 0.6 is 34.5 Å². The van der Waals surface area contributed by atoms with E-state index in [0.29, 0.717) is 39.0 Å². The number of rotatable bonds is 5. The van der Waals surface area contributed by atoms with Crippen LogP contribution in [0.1, 0.15) is 33.8 Å². The maximum atomic E-state index is 13.2. The largest absolute Gasteiger partial charge is 0.287 e. The fourth-order valence-electron chi connectivity index (χ4n) is 3.56. The number of amides is 1. The van der Waals surface area contributed by atoms with E-state index in [1.807, 2.05) is 6.07 Å². The third-order valence-corrected chi connectivity index (χ3v) is 8.52. The minimum Gasteiger partial charge on any atom is -0.283 e. The van der Waals surface area contributed by atoms with Crippen LogP contribution in [0.4, 0.5) is 0 Å². The van der Waals surface area contributed by atoms with Gasteiger partial charge < -0.3 is 0 Å². The molecule has 1 saturated heterocycles. The molecular weight excluding hydrogens is 555 g/mol. The predicted octanol–water partition coefficient (Wildman–Crippen LogP) is 3.81. The fourth-order valence-corrected chi connectivity index (χ4v) is 6.17. The molecule has 1 amide bonds. The Hall–Kier alpha value is -3.37. The number of carbonyl (C=O) groups excluding carboxylic acids is 1. The molecule has 0 bridgehead atoms. The number of benzene rings is 1. The molecule has 1 aliphatic heterocycles. The molecule has 188 valence electrons. The first-order chi connectivity index (χ1) is 17.7. The van der Waals surface area contributed by atoms with Crippen molar-refractivity contribution in [1.29, 1.82) is 10.5 Å². The molecule has 1 aromatic carbocycles. The molecule has 37 heavy (non-hydrogen) atoms. The van der Waals surface area contributed by atoms with Crippen LogP contribution < -0.4 is 5.43 Å². The van der Waals surface area contributed by atoms with Crippen molar-refractivity contribution < 1.29 is 13.2 Å². The maximum absolute atomic E-state index is 13.2. The summed E-state index contributed by atoms with van der Waals surface area (Å²) < 4.78 is 24.9. The molecule has 3 aromatic rings. The van der Waals surface area contributed by atoms with E-state index in [4.69, 9.17) is 28.5 Å². The van der Waals surface area contributed by atoms with E-state index in [9.17, 15) is 18.5 Å². The Morgan fingerprint density at radius 2 is 1.89 bits per heavy atom. The Kier molecular flexibility index (Phi) is 8.19. The van der Waals surface area contributed by atoms with Crippen molar-refractivity contribution in [2.24, 2.45) is 0 Å². The lowest BCUT2D eigenvalue weighted by Crippen LogP contribution is -2.50. The highest BCUT2D eigenvalue weighted by atomic mass is 35.5. The number of carbonyl (C=O) groups is 1. The van der Waals surface area contributed by atoms with Crippen molar-refractivity contribution in [3.63, 3.8) is 0 Å². The maximum Gasteiger partial charge on any atom is 0.287 e. The molecule has 0 aliphatic carbocycles. The first-order valence-corrected chi connectivity index (χ1v) is 14.3. The molecule has 1 fully saturated rings. The van der Waals surface area contributed by atoms with Crippen molar-refractivity contribution >= 4 is 50.3 Å². The number of hydrazine groups is 1. The number of nitrogens with one attached hydrogen (secondary N) is 1. The Morgan fingerprint density at radius 1 is 1.14 bits per heavy atom. The van der Waals surface area contributed by atoms with Crippen LogP contribution in [0.2, 0.25) is 10.0 Å². The molecule has 9 nitrogen and oxygen atoms in total. The molecule has 13 heteroatoms. The molecule has 2 aromatic heterocycles. The minimum absolute atomic E-state index is 0.0268. The smallest absolute Gasteiger partial charge is 0.283 e. The Labute approximate surface area is 227 Å². The van der Waals surface area contributed by atoms with Gasteiger partial charge in [0.25, 0.3) is 5.91 Å². The van der Waals surface area contributed by atoms with Crippen molar-refractivity contribution in [3.8, 4) is 40.2 Å². The Morgan fingerprint density at radius 3 is 2.57 bits per heavy atom. The Bertz CT molecular complexity index is 1610. The zero-order valence-corrected chi connectivity index (χ0v) is 22.3. The molecular formula is C24H18Cl2N6O3S2. The lowest BCUT2D eigenvalue weighted by molar-refractivity contribution is 0.0796. The first-order valence-electron chi connectivity index (χ1n) is 10.9. The van der Waals surface area contributed by atoms with Crippen molar-refractivity contribution in [3.05, 3.63) is 56.5 Å². The SMILES string of the molecule is N#CCCC#Cc1ccc(-c2c(C#N)c(C(=O)NN3CCS(=O)(=O)CC3)nn2-c2ccc(Cl)cc2Cl)s1. The molecule has 0 saturated carbocycles. The van der Waals surface area contributed by atoms with Gasteiger partial charge in [-0.05, 0) is 30.3 Å². The second-order valence-electron chi connectivity index (χ2n) is 7.90. The number of hydrogen-bond donors (Lipinski definition) is 1. The number of thiophene rings is 1. The average Bonchev–Trinajstić information content (AvgIpc) is 3.47. The van der Waals surface area contributed by atoms with Crippen LogP contribution in [0.5, 0.6) is 0 Å². The van der Waals surface area contributed by atoms with Gasteiger partial charge in [0.05, 0.1) is 38.0 Å². The monoisotopic (exact) mass is 572 g/mol. The topological polar surface area (TPSA) is 132 Å². The van der Waals surface area contributed by atoms with E-state index >= 15 is 0 Å². The van der Waals surface area contributed by atoms with Gasteiger partial charge in [0.1, 0.15) is 17.3 Å². The lowest BCUT2D eigenvalue weighted by atomic mass is 10.1. The number of aromatic nitrogens is 2. The van der Waals surface area contributed by atoms with Crippen LogP contribution in [0, 0.1) is 34.5 Å². The zero-order chi connectivity index (χ0) is 26.6. The predicted molar refractivity (Wildman–Crippen MR) is 141 cm³/mol. The summed E-state index contributed by atoms with van der Waals surface area (Å²) in [4.78, 5) is 14.5. The summed E-state index contributed by atoms with van der Waals surface area (Å²) >= 11 is 13.8. The quantitative estimate of drug-likeness (QED) is 0.363. The van der Waals surface area contributed by atoms with Gasteiger partial charge in [-0.25, -0.2) is 18.1 Å². The van der Waals surface area contributed by atoms with E-state index in [-0.39, 0.29) is 40.9 Å². The summed E-state index contributed by atoms with van der Waals surface area (Å²) in [5.74, 6) is 5.14.